The number of fused-ring (bicyclic) bond motifs is 1. The average molecular weight is 473 g/mol. The highest BCUT2D eigenvalue weighted by molar-refractivity contribution is 7.92. The molecule has 0 fully saturated rings. The molecule has 3 nitrogen and oxygen atoms in total. The summed E-state index contributed by atoms with van der Waals surface area (Å²) in [6, 6.07) is 16.1. The third-order valence-corrected chi connectivity index (χ3v) is 6.98. The molecule has 8 heteroatoms. The SMILES string of the molecule is CC1(C)Cc2cc(-c3ccc(C(F)(F)F)cc3)ccc2N([S+]([O-])c2ccc(C#N)c(F)c2)C1. The van der Waals surface area contributed by atoms with Gasteiger partial charge in [-0.15, -0.1) is 0 Å². The lowest BCUT2D eigenvalue weighted by atomic mass is 9.81. The maximum Gasteiger partial charge on any atom is 0.416 e. The summed E-state index contributed by atoms with van der Waals surface area (Å²) in [7, 11) is 0. The van der Waals surface area contributed by atoms with Crippen molar-refractivity contribution >= 4 is 17.0 Å². The van der Waals surface area contributed by atoms with E-state index >= 15 is 0 Å². The van der Waals surface area contributed by atoms with Gasteiger partial charge in [-0.25, -0.2) is 4.39 Å². The molecule has 1 aliphatic heterocycles. The van der Waals surface area contributed by atoms with Crippen LogP contribution in [0.1, 0.15) is 30.5 Å². The van der Waals surface area contributed by atoms with Crippen LogP contribution in [0.5, 0.6) is 0 Å². The minimum atomic E-state index is -4.39. The molecule has 3 aromatic rings. The van der Waals surface area contributed by atoms with Gasteiger partial charge < -0.3 is 4.55 Å². The van der Waals surface area contributed by atoms with Crippen molar-refractivity contribution in [1.29, 1.82) is 5.26 Å². The number of anilines is 1. The smallest absolute Gasteiger partial charge is 0.416 e. The maximum atomic E-state index is 14.1. The zero-order chi connectivity index (χ0) is 24.0. The largest absolute Gasteiger partial charge is 0.588 e. The van der Waals surface area contributed by atoms with Crippen LogP contribution in [-0.2, 0) is 24.0 Å². The van der Waals surface area contributed by atoms with Crippen LogP contribution in [0.25, 0.3) is 11.1 Å². The zero-order valence-electron chi connectivity index (χ0n) is 17.9. The molecule has 0 saturated heterocycles. The predicted octanol–water partition coefficient (Wildman–Crippen LogP) is 6.49. The Morgan fingerprint density at radius 1 is 1.00 bits per heavy atom. The van der Waals surface area contributed by atoms with Gasteiger partial charge in [0, 0.05) is 6.07 Å². The van der Waals surface area contributed by atoms with E-state index in [-0.39, 0.29) is 15.9 Å². The van der Waals surface area contributed by atoms with Gasteiger partial charge in [0.25, 0.3) is 0 Å². The molecule has 0 bridgehead atoms. The molecule has 0 N–H and O–H groups in total. The number of benzene rings is 3. The van der Waals surface area contributed by atoms with Crippen LogP contribution in [0.2, 0.25) is 0 Å². The molecule has 33 heavy (non-hydrogen) atoms. The molecular formula is C25H20F4N2OS. The van der Waals surface area contributed by atoms with Crippen molar-refractivity contribution in [3.05, 3.63) is 83.2 Å². The van der Waals surface area contributed by atoms with E-state index in [1.807, 2.05) is 19.9 Å². The van der Waals surface area contributed by atoms with Crippen molar-refractivity contribution in [2.24, 2.45) is 5.41 Å². The molecule has 4 rings (SSSR count). The van der Waals surface area contributed by atoms with Crippen LogP contribution in [0, 0.1) is 22.6 Å². The second kappa shape index (κ2) is 8.40. The van der Waals surface area contributed by atoms with Gasteiger partial charge >= 0.3 is 6.18 Å². The summed E-state index contributed by atoms with van der Waals surface area (Å²) in [5.74, 6) is -0.725. The summed E-state index contributed by atoms with van der Waals surface area (Å²) in [4.78, 5) is 0.252. The number of rotatable bonds is 3. The van der Waals surface area contributed by atoms with Crippen molar-refractivity contribution in [3.63, 3.8) is 0 Å². The molecule has 1 aliphatic rings. The van der Waals surface area contributed by atoms with Crippen molar-refractivity contribution in [2.75, 3.05) is 10.8 Å². The first-order chi connectivity index (χ1) is 15.5. The normalized spacial score (nSPS) is 16.1. The van der Waals surface area contributed by atoms with E-state index in [0.29, 0.717) is 18.5 Å². The number of halogens is 4. The Labute approximate surface area is 192 Å². The van der Waals surface area contributed by atoms with Gasteiger partial charge in [0.15, 0.2) is 4.90 Å². The van der Waals surface area contributed by atoms with Crippen LogP contribution in [0.3, 0.4) is 0 Å². The van der Waals surface area contributed by atoms with Crippen molar-refractivity contribution < 1.29 is 22.1 Å². The molecular weight excluding hydrogens is 452 g/mol. The molecule has 3 aromatic carbocycles. The standard InChI is InChI=1S/C25H20F4N2OS/c1-24(2)13-19-11-17(16-3-7-20(8-4-16)25(27,28)29)6-10-23(19)31(15-24)33(32)21-9-5-18(14-30)22(26)12-21/h3-12H,13,15H2,1-2H3. The number of alkyl halides is 3. The summed E-state index contributed by atoms with van der Waals surface area (Å²) in [5, 5.41) is 8.94. The van der Waals surface area contributed by atoms with E-state index < -0.39 is 28.9 Å². The van der Waals surface area contributed by atoms with Crippen LogP contribution in [-0.4, -0.2) is 11.1 Å². The Morgan fingerprint density at radius 2 is 1.67 bits per heavy atom. The van der Waals surface area contributed by atoms with Crippen LogP contribution < -0.4 is 4.31 Å². The number of nitriles is 1. The first-order valence-corrected chi connectivity index (χ1v) is 11.3. The zero-order valence-corrected chi connectivity index (χ0v) is 18.7. The Morgan fingerprint density at radius 3 is 2.27 bits per heavy atom. The second-order valence-electron chi connectivity index (χ2n) is 8.80. The lowest BCUT2D eigenvalue weighted by Crippen LogP contribution is -2.44. The molecule has 0 radical (unpaired) electrons. The molecule has 1 unspecified atom stereocenters. The van der Waals surface area contributed by atoms with Gasteiger partial charge in [0.1, 0.15) is 23.2 Å². The fourth-order valence-corrected chi connectivity index (χ4v) is 5.48. The first-order valence-electron chi connectivity index (χ1n) is 10.2. The fourth-order valence-electron chi connectivity index (χ4n) is 4.02. The number of hydrogen-bond donors (Lipinski definition) is 0. The topological polar surface area (TPSA) is 50.1 Å². The van der Waals surface area contributed by atoms with Crippen LogP contribution in [0.15, 0.2) is 65.6 Å². The van der Waals surface area contributed by atoms with Gasteiger partial charge in [0.05, 0.1) is 23.4 Å². The molecule has 0 aliphatic carbocycles. The third-order valence-electron chi connectivity index (χ3n) is 5.60. The van der Waals surface area contributed by atoms with Crippen molar-refractivity contribution in [2.45, 2.75) is 31.3 Å². The van der Waals surface area contributed by atoms with E-state index in [4.69, 9.17) is 5.26 Å². The van der Waals surface area contributed by atoms with Gasteiger partial charge in [-0.3, -0.25) is 0 Å². The quantitative estimate of drug-likeness (QED) is 0.323. The molecule has 0 saturated carbocycles. The van der Waals surface area contributed by atoms with E-state index in [0.717, 1.165) is 35.0 Å². The Bertz CT molecular complexity index is 1230. The number of hydrogen-bond acceptors (Lipinski definition) is 3. The summed E-state index contributed by atoms with van der Waals surface area (Å²) in [6.45, 7) is 4.53. The molecule has 0 spiro atoms. The average Bonchev–Trinajstić information content (AvgIpc) is 2.76. The highest BCUT2D eigenvalue weighted by atomic mass is 32.2. The lowest BCUT2D eigenvalue weighted by Gasteiger charge is -2.39. The van der Waals surface area contributed by atoms with Gasteiger partial charge in [-0.05, 0) is 64.9 Å². The monoisotopic (exact) mass is 472 g/mol. The highest BCUT2D eigenvalue weighted by Crippen LogP contribution is 2.41. The molecule has 0 amide bonds. The molecule has 170 valence electrons. The first kappa shape index (κ1) is 23.1. The van der Waals surface area contributed by atoms with Crippen molar-refractivity contribution in [1.82, 2.24) is 0 Å². The predicted molar refractivity (Wildman–Crippen MR) is 119 cm³/mol. The lowest BCUT2D eigenvalue weighted by molar-refractivity contribution is -0.137. The molecule has 0 aromatic heterocycles. The van der Waals surface area contributed by atoms with Gasteiger partial charge in [0.2, 0.25) is 0 Å². The Kier molecular flexibility index (Phi) is 5.89. The summed E-state index contributed by atoms with van der Waals surface area (Å²) < 4.78 is 67.9. The summed E-state index contributed by atoms with van der Waals surface area (Å²) in [6.07, 6.45) is -3.71. The van der Waals surface area contributed by atoms with Gasteiger partial charge in [-0.2, -0.15) is 22.7 Å². The van der Waals surface area contributed by atoms with Crippen LogP contribution >= 0.6 is 0 Å². The highest BCUT2D eigenvalue weighted by Gasteiger charge is 2.37. The van der Waals surface area contributed by atoms with E-state index in [2.05, 4.69) is 0 Å². The molecule has 1 atom stereocenters. The number of nitrogens with zero attached hydrogens (tertiary/aromatic N) is 2. The van der Waals surface area contributed by atoms with E-state index in [9.17, 15) is 22.1 Å². The van der Waals surface area contributed by atoms with Crippen LogP contribution in [0.4, 0.5) is 23.2 Å². The minimum Gasteiger partial charge on any atom is -0.588 e. The Balaban J connectivity index is 1.70. The third kappa shape index (κ3) is 4.70. The summed E-state index contributed by atoms with van der Waals surface area (Å²) in [5.41, 5.74) is 1.98. The van der Waals surface area contributed by atoms with E-state index in [1.54, 1.807) is 22.5 Å². The summed E-state index contributed by atoms with van der Waals surface area (Å²) >= 11 is -1.70. The molecule has 1 heterocycles. The van der Waals surface area contributed by atoms with Crippen molar-refractivity contribution in [3.8, 4) is 17.2 Å². The minimum absolute atomic E-state index is 0.115. The second-order valence-corrected chi connectivity index (χ2v) is 10.2. The Hall–Kier alpha value is -3.02. The maximum absolute atomic E-state index is 14.1. The fraction of sp³-hybridized carbons (Fsp3) is 0.240. The van der Waals surface area contributed by atoms with Gasteiger partial charge in [-0.1, -0.05) is 32.0 Å². The van der Waals surface area contributed by atoms with E-state index in [1.165, 1.54) is 24.3 Å².